The molecule has 0 aliphatic carbocycles. The van der Waals surface area contributed by atoms with Gasteiger partial charge in [0.2, 0.25) is 6.79 Å². The minimum absolute atomic E-state index is 0.00340. The Morgan fingerprint density at radius 2 is 2.10 bits per heavy atom. The van der Waals surface area contributed by atoms with Gasteiger partial charge in [-0.1, -0.05) is 17.3 Å². The molecule has 0 unspecified atom stereocenters. The zero-order valence-corrected chi connectivity index (χ0v) is 16.7. The second kappa shape index (κ2) is 8.05. The van der Waals surface area contributed by atoms with Crippen LogP contribution in [-0.2, 0) is 4.84 Å². The van der Waals surface area contributed by atoms with Crippen molar-refractivity contribution in [2.75, 3.05) is 27.1 Å². The summed E-state index contributed by atoms with van der Waals surface area (Å²) in [5, 5.41) is 23.0. The fourth-order valence-corrected chi connectivity index (χ4v) is 3.95. The van der Waals surface area contributed by atoms with Crippen molar-refractivity contribution >= 4 is 11.6 Å². The van der Waals surface area contributed by atoms with Crippen molar-refractivity contribution in [3.8, 4) is 28.7 Å². The van der Waals surface area contributed by atoms with Gasteiger partial charge in [-0.2, -0.15) is 5.26 Å². The molecule has 2 aromatic carbocycles. The monoisotopic (exact) mass is 407 g/mol. The summed E-state index contributed by atoms with van der Waals surface area (Å²) < 4.78 is 11.4. The highest BCUT2D eigenvalue weighted by Crippen LogP contribution is 2.45. The van der Waals surface area contributed by atoms with Crippen LogP contribution in [0, 0.1) is 18.3 Å². The van der Waals surface area contributed by atoms with Gasteiger partial charge in [-0.05, 0) is 36.2 Å². The number of carbonyl (C=O) groups excluding carboxylic acids is 1. The van der Waals surface area contributed by atoms with E-state index in [4.69, 9.17) is 14.3 Å². The molecule has 1 saturated heterocycles. The number of nitriles is 1. The summed E-state index contributed by atoms with van der Waals surface area (Å²) in [6.07, 6.45) is 0.452. The van der Waals surface area contributed by atoms with Gasteiger partial charge in [0.15, 0.2) is 11.5 Å². The number of carbonyl (C=O) groups is 1. The molecule has 154 valence electrons. The summed E-state index contributed by atoms with van der Waals surface area (Å²) in [6.45, 7) is 1.98. The first-order valence-electron chi connectivity index (χ1n) is 9.52. The number of benzene rings is 2. The predicted molar refractivity (Wildman–Crippen MR) is 108 cm³/mol. The predicted octanol–water partition coefficient (Wildman–Crippen LogP) is 2.47. The molecular weight excluding hydrogens is 386 g/mol. The molecule has 0 saturated carbocycles. The smallest absolute Gasteiger partial charge is 0.258 e. The van der Waals surface area contributed by atoms with Crippen LogP contribution in [0.4, 0.5) is 0 Å². The summed E-state index contributed by atoms with van der Waals surface area (Å²) in [6, 6.07) is 10.8. The van der Waals surface area contributed by atoms with Crippen molar-refractivity contribution < 1.29 is 24.2 Å². The van der Waals surface area contributed by atoms with E-state index in [9.17, 15) is 15.2 Å². The van der Waals surface area contributed by atoms with Crippen LogP contribution in [0.3, 0.4) is 0 Å². The van der Waals surface area contributed by atoms with E-state index in [-0.39, 0.29) is 31.9 Å². The molecule has 4 rings (SSSR count). The molecule has 0 bridgehead atoms. The maximum atomic E-state index is 13.3. The molecule has 0 spiro atoms. The molecule has 0 radical (unpaired) electrons. The number of ether oxygens (including phenoxy) is 2. The van der Waals surface area contributed by atoms with Crippen molar-refractivity contribution in [1.82, 2.24) is 4.90 Å². The largest absolute Gasteiger partial charge is 0.453 e. The van der Waals surface area contributed by atoms with Gasteiger partial charge in [0, 0.05) is 12.0 Å². The number of nitrogens with zero attached hydrogens (tertiary/aromatic N) is 3. The highest BCUT2D eigenvalue weighted by Gasteiger charge is 2.36. The van der Waals surface area contributed by atoms with Gasteiger partial charge in [0.25, 0.3) is 5.91 Å². The van der Waals surface area contributed by atoms with Crippen LogP contribution in [-0.4, -0.2) is 54.7 Å². The zero-order chi connectivity index (χ0) is 21.3. The Hall–Kier alpha value is -3.57. The summed E-state index contributed by atoms with van der Waals surface area (Å²) in [7, 11) is 1.45. The lowest BCUT2D eigenvalue weighted by Gasteiger charge is -2.23. The summed E-state index contributed by atoms with van der Waals surface area (Å²) in [4.78, 5) is 19.7. The van der Waals surface area contributed by atoms with Crippen molar-refractivity contribution in [3.05, 3.63) is 47.0 Å². The van der Waals surface area contributed by atoms with E-state index in [1.54, 1.807) is 23.1 Å². The molecule has 1 fully saturated rings. The van der Waals surface area contributed by atoms with E-state index in [0.29, 0.717) is 34.8 Å². The Morgan fingerprint density at radius 1 is 1.30 bits per heavy atom. The van der Waals surface area contributed by atoms with E-state index in [2.05, 4.69) is 11.2 Å². The molecule has 8 nitrogen and oxygen atoms in total. The van der Waals surface area contributed by atoms with Crippen LogP contribution in [0.2, 0.25) is 0 Å². The SMILES string of the molecule is CO/N=C1/C[C@@H](CO)N(C(=O)c2ccc(-c3cccc(C#N)c3C)c3c2OCO3)C1. The van der Waals surface area contributed by atoms with Crippen LogP contribution in [0.25, 0.3) is 11.1 Å². The van der Waals surface area contributed by atoms with Crippen LogP contribution in [0.1, 0.15) is 27.9 Å². The van der Waals surface area contributed by atoms with E-state index in [0.717, 1.165) is 16.7 Å². The number of amides is 1. The Bertz CT molecular complexity index is 1070. The fourth-order valence-electron chi connectivity index (χ4n) is 3.95. The molecule has 2 aromatic rings. The molecular formula is C22H21N3O5. The Balaban J connectivity index is 1.74. The number of aliphatic hydroxyl groups excluding tert-OH is 1. The first-order chi connectivity index (χ1) is 14.6. The van der Waals surface area contributed by atoms with Crippen molar-refractivity contribution in [1.29, 1.82) is 5.26 Å². The first-order valence-corrected chi connectivity index (χ1v) is 9.52. The lowest BCUT2D eigenvalue weighted by atomic mass is 9.94. The molecule has 2 aliphatic heterocycles. The molecule has 2 heterocycles. The average Bonchev–Trinajstić information content (AvgIpc) is 3.40. The molecule has 1 amide bonds. The summed E-state index contributed by atoms with van der Waals surface area (Å²) in [5.41, 5.74) is 4.07. The normalized spacial score (nSPS) is 18.5. The van der Waals surface area contributed by atoms with Crippen LogP contribution in [0.15, 0.2) is 35.5 Å². The van der Waals surface area contributed by atoms with Gasteiger partial charge in [-0.25, -0.2) is 0 Å². The van der Waals surface area contributed by atoms with Gasteiger partial charge < -0.3 is 24.3 Å². The fraction of sp³-hybridized carbons (Fsp3) is 0.318. The number of fused-ring (bicyclic) bond motifs is 1. The van der Waals surface area contributed by atoms with Crippen molar-refractivity contribution in [3.63, 3.8) is 0 Å². The number of hydrogen-bond acceptors (Lipinski definition) is 7. The third-order valence-corrected chi connectivity index (χ3v) is 5.45. The number of oxime groups is 1. The van der Waals surface area contributed by atoms with Crippen LogP contribution in [0.5, 0.6) is 11.5 Å². The molecule has 8 heteroatoms. The minimum Gasteiger partial charge on any atom is -0.453 e. The molecule has 30 heavy (non-hydrogen) atoms. The summed E-state index contributed by atoms with van der Waals surface area (Å²) >= 11 is 0. The van der Waals surface area contributed by atoms with Crippen molar-refractivity contribution in [2.24, 2.45) is 5.16 Å². The van der Waals surface area contributed by atoms with Gasteiger partial charge in [-0.15, -0.1) is 0 Å². The Morgan fingerprint density at radius 3 is 2.83 bits per heavy atom. The lowest BCUT2D eigenvalue weighted by molar-refractivity contribution is 0.0675. The number of hydrogen-bond donors (Lipinski definition) is 1. The second-order valence-electron chi connectivity index (χ2n) is 7.13. The van der Waals surface area contributed by atoms with Gasteiger partial charge in [0.05, 0.1) is 42.1 Å². The van der Waals surface area contributed by atoms with Gasteiger partial charge in [0.1, 0.15) is 7.11 Å². The third kappa shape index (κ3) is 3.23. The maximum absolute atomic E-state index is 13.3. The molecule has 1 N–H and O–H groups in total. The topological polar surface area (TPSA) is 104 Å². The zero-order valence-electron chi connectivity index (χ0n) is 16.7. The Kier molecular flexibility index (Phi) is 5.29. The standard InChI is InChI=1S/C22H21N3O5/c1-13-14(9-23)4-3-5-17(13)18-6-7-19(21-20(18)29-12-30-21)22(27)25-10-15(24-28-2)8-16(25)11-26/h3-7,16,26H,8,10-12H2,1-2H3/b24-15-/t16-/m0/s1. The quantitative estimate of drug-likeness (QED) is 0.781. The van der Waals surface area contributed by atoms with E-state index < -0.39 is 0 Å². The van der Waals surface area contributed by atoms with Crippen LogP contribution >= 0.6 is 0 Å². The number of aliphatic hydroxyl groups is 1. The van der Waals surface area contributed by atoms with E-state index in [1.807, 2.05) is 19.1 Å². The average molecular weight is 407 g/mol. The maximum Gasteiger partial charge on any atom is 0.258 e. The van der Waals surface area contributed by atoms with Crippen LogP contribution < -0.4 is 9.47 Å². The van der Waals surface area contributed by atoms with Crippen molar-refractivity contribution in [2.45, 2.75) is 19.4 Å². The third-order valence-electron chi connectivity index (χ3n) is 5.45. The van der Waals surface area contributed by atoms with E-state index >= 15 is 0 Å². The number of likely N-dealkylation sites (tertiary alicyclic amines) is 1. The Labute approximate surface area is 173 Å². The molecule has 1 atom stereocenters. The number of rotatable bonds is 4. The highest BCUT2D eigenvalue weighted by atomic mass is 16.7. The van der Waals surface area contributed by atoms with Gasteiger partial charge >= 0.3 is 0 Å². The molecule has 2 aliphatic rings. The molecule has 0 aromatic heterocycles. The summed E-state index contributed by atoms with van der Waals surface area (Å²) in [5.74, 6) is 0.573. The highest BCUT2D eigenvalue weighted by molar-refractivity contribution is 6.03. The lowest BCUT2D eigenvalue weighted by Crippen LogP contribution is -2.38. The first kappa shape index (κ1) is 19.7. The second-order valence-corrected chi connectivity index (χ2v) is 7.13. The van der Waals surface area contributed by atoms with Gasteiger partial charge in [-0.3, -0.25) is 4.79 Å². The van der Waals surface area contributed by atoms with E-state index in [1.165, 1.54) is 7.11 Å². The minimum atomic E-state index is -0.376.